The van der Waals surface area contributed by atoms with E-state index in [9.17, 15) is 14.4 Å². The maximum Gasteiger partial charge on any atom is 0.333 e. The fourth-order valence-electron chi connectivity index (χ4n) is 0.996. The second kappa shape index (κ2) is 22.3. The fraction of sp³-hybridized carbons (Fsp3) is 0.556. The van der Waals surface area contributed by atoms with Crippen LogP contribution in [0.4, 0.5) is 0 Å². The summed E-state index contributed by atoms with van der Waals surface area (Å²) in [6.45, 7) is 14.4. The molecule has 1 amide bonds. The molecule has 0 saturated carbocycles. The summed E-state index contributed by atoms with van der Waals surface area (Å²) < 4.78 is 9.52. The first-order valence-electron chi connectivity index (χ1n) is 8.24. The van der Waals surface area contributed by atoms with E-state index in [0.717, 1.165) is 6.92 Å². The lowest BCUT2D eigenvalue weighted by Gasteiger charge is -2.04. The Balaban J connectivity index is -0.000000171. The van der Waals surface area contributed by atoms with Crippen LogP contribution in [-0.4, -0.2) is 60.7 Å². The van der Waals surface area contributed by atoms with Gasteiger partial charge < -0.3 is 31.1 Å². The maximum atomic E-state index is 10.8. The average molecular weight is 406 g/mol. The third kappa shape index (κ3) is 34.6. The summed E-state index contributed by atoms with van der Waals surface area (Å²) in [6, 6.07) is 0. The van der Waals surface area contributed by atoms with Gasteiger partial charge in [0.05, 0.1) is 13.2 Å². The monoisotopic (exact) mass is 406 g/mol. The molecule has 0 radical (unpaired) electrons. The number of hydrogen-bond acceptors (Lipinski definition) is 7. The molecule has 10 nitrogen and oxygen atoms in total. The predicted molar refractivity (Wildman–Crippen MR) is 105 cm³/mol. The number of carboxylic acid groups (broad SMARTS) is 1. The van der Waals surface area contributed by atoms with E-state index in [-0.39, 0.29) is 23.3 Å². The first kappa shape index (κ1) is 32.9. The number of carboxylic acids is 1. The minimum absolute atomic E-state index is 0. The molecular weight excluding hydrogens is 372 g/mol. The number of carbonyl (C=O) groups excluding carboxylic acids is 3. The van der Waals surface area contributed by atoms with E-state index in [1.807, 2.05) is 0 Å². The quantitative estimate of drug-likeness (QED) is 0.279. The molecule has 28 heavy (non-hydrogen) atoms. The number of carbonyl (C=O) groups is 4. The summed E-state index contributed by atoms with van der Waals surface area (Å²) in [5.74, 6) is -1.64. The molecule has 0 unspecified atom stereocenters. The van der Waals surface area contributed by atoms with Crippen molar-refractivity contribution >= 4 is 23.8 Å². The zero-order chi connectivity index (χ0) is 21.8. The van der Waals surface area contributed by atoms with Gasteiger partial charge in [0.1, 0.15) is 0 Å². The lowest BCUT2D eigenvalue weighted by Crippen LogP contribution is -2.22. The van der Waals surface area contributed by atoms with Gasteiger partial charge in [0, 0.05) is 31.5 Å². The summed E-state index contributed by atoms with van der Waals surface area (Å²) in [7, 11) is 0. The van der Waals surface area contributed by atoms with Crippen LogP contribution in [0.2, 0.25) is 0 Å². The maximum absolute atomic E-state index is 10.8. The molecular formula is C18H34N2O8. The first-order chi connectivity index (χ1) is 12.4. The molecule has 0 heterocycles. The largest absolute Gasteiger partial charge is 0.481 e. The Bertz CT molecular complexity index is 500. The molecule has 0 aliphatic heterocycles. The molecule has 0 aromatic carbocycles. The SMILES string of the molecule is C=C(C)C(=O)OCCCN.C=C(C)C(=O)OCCCNC(C)=O.CC(=O)O.O. The molecule has 0 aliphatic carbocycles. The Morgan fingerprint density at radius 1 is 0.893 bits per heavy atom. The van der Waals surface area contributed by atoms with E-state index in [0.29, 0.717) is 50.3 Å². The minimum Gasteiger partial charge on any atom is -0.481 e. The topological polar surface area (TPSA) is 177 Å². The van der Waals surface area contributed by atoms with Gasteiger partial charge in [0.25, 0.3) is 5.97 Å². The van der Waals surface area contributed by atoms with E-state index in [1.165, 1.54) is 6.92 Å². The van der Waals surface area contributed by atoms with Crippen LogP contribution in [0.5, 0.6) is 0 Å². The van der Waals surface area contributed by atoms with Crippen molar-refractivity contribution in [3.05, 3.63) is 24.3 Å². The lowest BCUT2D eigenvalue weighted by molar-refractivity contribution is -0.139. The smallest absolute Gasteiger partial charge is 0.333 e. The molecule has 164 valence electrons. The third-order valence-corrected chi connectivity index (χ3v) is 2.21. The van der Waals surface area contributed by atoms with Crippen LogP contribution < -0.4 is 11.1 Å². The zero-order valence-electron chi connectivity index (χ0n) is 17.1. The highest BCUT2D eigenvalue weighted by molar-refractivity contribution is 5.87. The minimum atomic E-state index is -0.833. The van der Waals surface area contributed by atoms with Crippen molar-refractivity contribution in [3.63, 3.8) is 0 Å². The molecule has 0 aliphatic rings. The zero-order valence-corrected chi connectivity index (χ0v) is 17.1. The number of aliphatic carboxylic acids is 1. The molecule has 10 heteroatoms. The average Bonchev–Trinajstić information content (AvgIpc) is 2.54. The van der Waals surface area contributed by atoms with Gasteiger partial charge >= 0.3 is 11.9 Å². The van der Waals surface area contributed by atoms with E-state index < -0.39 is 5.97 Å². The fourth-order valence-corrected chi connectivity index (χ4v) is 0.996. The summed E-state index contributed by atoms with van der Waals surface area (Å²) in [6.07, 6.45) is 1.33. The van der Waals surface area contributed by atoms with Gasteiger partial charge in [-0.15, -0.1) is 0 Å². The van der Waals surface area contributed by atoms with Crippen LogP contribution in [0, 0.1) is 0 Å². The van der Waals surface area contributed by atoms with E-state index in [2.05, 4.69) is 18.5 Å². The third-order valence-electron chi connectivity index (χ3n) is 2.21. The Kier molecular flexibility index (Phi) is 26.2. The summed E-state index contributed by atoms with van der Waals surface area (Å²) in [5, 5.41) is 10.0. The van der Waals surface area contributed by atoms with E-state index in [4.69, 9.17) is 25.1 Å². The number of ether oxygens (including phenoxy) is 2. The highest BCUT2D eigenvalue weighted by atomic mass is 16.5. The van der Waals surface area contributed by atoms with Gasteiger partial charge in [-0.25, -0.2) is 9.59 Å². The normalized spacial score (nSPS) is 8.32. The Morgan fingerprint density at radius 3 is 1.54 bits per heavy atom. The van der Waals surface area contributed by atoms with Crippen molar-refractivity contribution in [2.24, 2.45) is 5.73 Å². The lowest BCUT2D eigenvalue weighted by atomic mass is 10.3. The summed E-state index contributed by atoms with van der Waals surface area (Å²) in [5.41, 5.74) is 5.99. The molecule has 0 rings (SSSR count). The summed E-state index contributed by atoms with van der Waals surface area (Å²) >= 11 is 0. The number of rotatable bonds is 9. The van der Waals surface area contributed by atoms with Crippen LogP contribution in [-0.2, 0) is 28.7 Å². The molecule has 0 aromatic rings. The van der Waals surface area contributed by atoms with Crippen molar-refractivity contribution in [1.29, 1.82) is 0 Å². The Morgan fingerprint density at radius 2 is 1.25 bits per heavy atom. The highest BCUT2D eigenvalue weighted by Crippen LogP contribution is 1.93. The molecule has 0 fully saturated rings. The number of nitrogens with two attached hydrogens (primary N) is 1. The number of nitrogens with one attached hydrogen (secondary N) is 1. The molecule has 0 saturated heterocycles. The van der Waals surface area contributed by atoms with Crippen LogP contribution in [0.1, 0.15) is 40.5 Å². The van der Waals surface area contributed by atoms with Gasteiger partial charge in [0.15, 0.2) is 0 Å². The first-order valence-corrected chi connectivity index (χ1v) is 8.24. The molecule has 0 atom stereocenters. The van der Waals surface area contributed by atoms with Crippen LogP contribution in [0.15, 0.2) is 24.3 Å². The Labute approximate surface area is 166 Å². The number of amides is 1. The Hall–Kier alpha value is -2.72. The van der Waals surface area contributed by atoms with Gasteiger partial charge in [-0.3, -0.25) is 9.59 Å². The van der Waals surface area contributed by atoms with Gasteiger partial charge in [0.2, 0.25) is 5.91 Å². The van der Waals surface area contributed by atoms with Crippen molar-refractivity contribution in [3.8, 4) is 0 Å². The van der Waals surface area contributed by atoms with Crippen LogP contribution in [0.3, 0.4) is 0 Å². The van der Waals surface area contributed by atoms with Gasteiger partial charge in [-0.05, 0) is 33.2 Å². The van der Waals surface area contributed by atoms with Gasteiger partial charge in [-0.1, -0.05) is 13.2 Å². The highest BCUT2D eigenvalue weighted by Gasteiger charge is 2.01. The molecule has 0 bridgehead atoms. The van der Waals surface area contributed by atoms with E-state index in [1.54, 1.807) is 13.8 Å². The van der Waals surface area contributed by atoms with E-state index >= 15 is 0 Å². The standard InChI is InChI=1S/C9H15NO3.C7H13NO2.C2H4O2.H2O/c1-7(2)9(12)13-6-4-5-10-8(3)11;1-6(2)7(9)10-5-3-4-8;1-2(3)4;/h1,4-6H2,2-3H3,(H,10,11);1,3-5,8H2,2H3;1H3,(H,3,4);1H2. The van der Waals surface area contributed by atoms with Crippen LogP contribution >= 0.6 is 0 Å². The molecule has 0 aromatic heterocycles. The summed E-state index contributed by atoms with van der Waals surface area (Å²) in [4.78, 5) is 40.9. The second-order valence-electron chi connectivity index (χ2n) is 5.33. The predicted octanol–water partition coefficient (Wildman–Crippen LogP) is 0.353. The van der Waals surface area contributed by atoms with Gasteiger partial charge in [-0.2, -0.15) is 0 Å². The number of esters is 2. The second-order valence-corrected chi connectivity index (χ2v) is 5.33. The molecule has 6 N–H and O–H groups in total. The van der Waals surface area contributed by atoms with Crippen molar-refractivity contribution in [2.45, 2.75) is 40.5 Å². The van der Waals surface area contributed by atoms with Crippen molar-refractivity contribution in [2.75, 3.05) is 26.3 Å². The van der Waals surface area contributed by atoms with Crippen LogP contribution in [0.25, 0.3) is 0 Å². The number of hydrogen-bond donors (Lipinski definition) is 3. The molecule has 0 spiro atoms. The van der Waals surface area contributed by atoms with Crippen molar-refractivity contribution < 1.29 is 39.2 Å². The van der Waals surface area contributed by atoms with Crippen molar-refractivity contribution in [1.82, 2.24) is 5.32 Å².